The van der Waals surface area contributed by atoms with Gasteiger partial charge in [-0.1, -0.05) is 72.9 Å². The van der Waals surface area contributed by atoms with Gasteiger partial charge in [0.25, 0.3) is 10.0 Å². The number of carbonyl (C=O) groups excluding carboxylic acids is 2. The first kappa shape index (κ1) is 33.4. The average Bonchev–Trinajstić information content (AvgIpc) is 2.94. The van der Waals surface area contributed by atoms with Gasteiger partial charge in [-0.15, -0.1) is 0 Å². The van der Waals surface area contributed by atoms with Crippen molar-refractivity contribution in [3.8, 4) is 0 Å². The molecule has 0 spiro atoms. The molecule has 42 heavy (non-hydrogen) atoms. The van der Waals surface area contributed by atoms with Gasteiger partial charge in [0.2, 0.25) is 11.8 Å². The van der Waals surface area contributed by atoms with E-state index in [4.69, 9.17) is 23.2 Å². The molecular formula is C32H39Cl2N3O4S. The van der Waals surface area contributed by atoms with Gasteiger partial charge < -0.3 is 10.2 Å². The second-order valence-corrected chi connectivity index (χ2v) is 13.3. The Morgan fingerprint density at radius 3 is 2.05 bits per heavy atom. The quantitative estimate of drug-likeness (QED) is 0.237. The Morgan fingerprint density at radius 2 is 1.48 bits per heavy atom. The molecule has 1 N–H and O–H groups in total. The highest BCUT2D eigenvalue weighted by molar-refractivity contribution is 7.92. The topological polar surface area (TPSA) is 86.8 Å². The van der Waals surface area contributed by atoms with Crippen molar-refractivity contribution in [2.45, 2.75) is 77.9 Å². The largest absolute Gasteiger partial charge is 0.352 e. The van der Waals surface area contributed by atoms with E-state index < -0.39 is 28.5 Å². The molecule has 0 aromatic heterocycles. The summed E-state index contributed by atoms with van der Waals surface area (Å²) in [6.45, 7) is 10.6. The molecule has 7 nitrogen and oxygen atoms in total. The summed E-state index contributed by atoms with van der Waals surface area (Å²) in [6, 6.07) is 16.0. The van der Waals surface area contributed by atoms with E-state index in [1.807, 2.05) is 39.8 Å². The summed E-state index contributed by atoms with van der Waals surface area (Å²) in [6.07, 6.45) is 1.01. The number of nitrogens with zero attached hydrogens (tertiary/aromatic N) is 2. The van der Waals surface area contributed by atoms with Crippen LogP contribution in [-0.4, -0.2) is 43.8 Å². The summed E-state index contributed by atoms with van der Waals surface area (Å²) in [5.41, 5.74) is 3.29. The maximum atomic E-state index is 14.3. The molecule has 3 rings (SSSR count). The van der Waals surface area contributed by atoms with Crippen molar-refractivity contribution in [2.75, 3.05) is 10.8 Å². The molecule has 3 aromatic rings. The monoisotopic (exact) mass is 631 g/mol. The lowest BCUT2D eigenvalue weighted by Crippen LogP contribution is -2.53. The number of nitrogens with one attached hydrogen (secondary N) is 1. The summed E-state index contributed by atoms with van der Waals surface area (Å²) >= 11 is 13.0. The number of halogens is 2. The Kier molecular flexibility index (Phi) is 11.5. The van der Waals surface area contributed by atoms with E-state index in [2.05, 4.69) is 5.32 Å². The molecule has 0 aliphatic carbocycles. The Balaban J connectivity index is 2.14. The van der Waals surface area contributed by atoms with E-state index in [1.165, 1.54) is 17.0 Å². The standard InChI is InChI=1S/C32H39Cl2N3O4S/c1-7-24(6)35-32(39)29(8-2)36(19-26-27(33)10-9-11-28(26)34)31(38)20-37(30-18-22(4)12-15-23(30)5)42(40,41)25-16-13-21(3)14-17-25/h9-18,24,29H,7-8,19-20H2,1-6H3,(H,35,39)/t24-,29+/m0/s1. The molecule has 0 heterocycles. The molecule has 0 saturated carbocycles. The lowest BCUT2D eigenvalue weighted by Gasteiger charge is -2.34. The molecule has 0 bridgehead atoms. The van der Waals surface area contributed by atoms with Crippen LogP contribution in [-0.2, 0) is 26.2 Å². The minimum absolute atomic E-state index is 0.0593. The second-order valence-electron chi connectivity index (χ2n) is 10.6. The van der Waals surface area contributed by atoms with E-state index in [1.54, 1.807) is 50.2 Å². The van der Waals surface area contributed by atoms with Crippen LogP contribution in [0.5, 0.6) is 0 Å². The number of anilines is 1. The van der Waals surface area contributed by atoms with Crippen molar-refractivity contribution >= 4 is 50.7 Å². The SMILES string of the molecule is CC[C@H](C(=O)N[C@@H](C)CC)N(Cc1c(Cl)cccc1Cl)C(=O)CN(c1cc(C)ccc1C)S(=O)(=O)c1ccc(C)cc1. The predicted molar refractivity (Wildman–Crippen MR) is 171 cm³/mol. The predicted octanol–water partition coefficient (Wildman–Crippen LogP) is 6.84. The maximum Gasteiger partial charge on any atom is 0.264 e. The smallest absolute Gasteiger partial charge is 0.264 e. The van der Waals surface area contributed by atoms with E-state index in [0.717, 1.165) is 15.4 Å². The fourth-order valence-corrected chi connectivity index (χ4v) is 6.54. The lowest BCUT2D eigenvalue weighted by molar-refractivity contribution is -0.140. The first-order valence-electron chi connectivity index (χ1n) is 14.0. The number of rotatable bonds is 12. The number of amides is 2. The van der Waals surface area contributed by atoms with Crippen molar-refractivity contribution < 1.29 is 18.0 Å². The van der Waals surface area contributed by atoms with Gasteiger partial charge in [0, 0.05) is 28.2 Å². The summed E-state index contributed by atoms with van der Waals surface area (Å²) in [5.74, 6) is -0.892. The number of hydrogen-bond acceptors (Lipinski definition) is 4. The number of hydrogen-bond donors (Lipinski definition) is 1. The van der Waals surface area contributed by atoms with Gasteiger partial charge >= 0.3 is 0 Å². The first-order chi connectivity index (χ1) is 19.8. The number of carbonyl (C=O) groups is 2. The highest BCUT2D eigenvalue weighted by Gasteiger charge is 2.35. The van der Waals surface area contributed by atoms with Crippen molar-refractivity contribution in [1.29, 1.82) is 0 Å². The summed E-state index contributed by atoms with van der Waals surface area (Å²) in [5, 5.41) is 3.65. The normalized spacial score (nSPS) is 12.9. The highest BCUT2D eigenvalue weighted by atomic mass is 35.5. The summed E-state index contributed by atoms with van der Waals surface area (Å²) in [4.78, 5) is 29.2. The highest BCUT2D eigenvalue weighted by Crippen LogP contribution is 2.30. The van der Waals surface area contributed by atoms with Crippen LogP contribution in [0.3, 0.4) is 0 Å². The van der Waals surface area contributed by atoms with Crippen LogP contribution in [0.25, 0.3) is 0 Å². The molecule has 226 valence electrons. The van der Waals surface area contributed by atoms with Gasteiger partial charge in [-0.25, -0.2) is 8.42 Å². The minimum atomic E-state index is -4.17. The van der Waals surface area contributed by atoms with Crippen LogP contribution in [0.2, 0.25) is 10.0 Å². The van der Waals surface area contributed by atoms with E-state index in [0.29, 0.717) is 39.7 Å². The van der Waals surface area contributed by atoms with Crippen LogP contribution in [0.1, 0.15) is 55.9 Å². The second kappa shape index (κ2) is 14.4. The summed E-state index contributed by atoms with van der Waals surface area (Å²) in [7, 11) is -4.17. The molecule has 10 heteroatoms. The lowest BCUT2D eigenvalue weighted by atomic mass is 10.1. The fraction of sp³-hybridized carbons (Fsp3) is 0.375. The molecule has 0 saturated heterocycles. The zero-order valence-electron chi connectivity index (χ0n) is 24.9. The average molecular weight is 633 g/mol. The third-order valence-corrected chi connectivity index (χ3v) is 9.78. The summed E-state index contributed by atoms with van der Waals surface area (Å²) < 4.78 is 29.4. The van der Waals surface area contributed by atoms with Crippen molar-refractivity contribution in [3.63, 3.8) is 0 Å². The molecule has 0 radical (unpaired) electrons. The minimum Gasteiger partial charge on any atom is -0.352 e. The molecule has 0 unspecified atom stereocenters. The molecule has 0 aliphatic heterocycles. The number of aryl methyl sites for hydroxylation is 3. The Labute approximate surface area is 259 Å². The fourth-order valence-electron chi connectivity index (χ4n) is 4.55. The zero-order chi connectivity index (χ0) is 31.2. The first-order valence-corrected chi connectivity index (χ1v) is 16.2. The Morgan fingerprint density at radius 1 is 0.881 bits per heavy atom. The van der Waals surface area contributed by atoms with Crippen LogP contribution < -0.4 is 9.62 Å². The maximum absolute atomic E-state index is 14.3. The molecule has 2 amide bonds. The van der Waals surface area contributed by atoms with Crippen molar-refractivity contribution in [3.05, 3.63) is 93.0 Å². The van der Waals surface area contributed by atoms with Gasteiger partial charge in [0.1, 0.15) is 12.6 Å². The molecule has 0 aliphatic rings. The van der Waals surface area contributed by atoms with Gasteiger partial charge in [-0.05, 0) is 82.0 Å². The molecule has 3 aromatic carbocycles. The third-order valence-electron chi connectivity index (χ3n) is 7.30. The van der Waals surface area contributed by atoms with Crippen LogP contribution in [0.4, 0.5) is 5.69 Å². The van der Waals surface area contributed by atoms with Crippen LogP contribution in [0, 0.1) is 20.8 Å². The van der Waals surface area contributed by atoms with Gasteiger partial charge in [0.05, 0.1) is 10.6 Å². The van der Waals surface area contributed by atoms with Gasteiger partial charge in [-0.3, -0.25) is 13.9 Å². The molecule has 2 atom stereocenters. The number of sulfonamides is 1. The Hall–Kier alpha value is -3.07. The van der Waals surface area contributed by atoms with Gasteiger partial charge in [0.15, 0.2) is 0 Å². The third kappa shape index (κ3) is 7.85. The van der Waals surface area contributed by atoms with Crippen LogP contribution in [0.15, 0.2) is 65.6 Å². The molecule has 0 fully saturated rings. The van der Waals surface area contributed by atoms with Crippen molar-refractivity contribution in [1.82, 2.24) is 10.2 Å². The van der Waals surface area contributed by atoms with Gasteiger partial charge in [-0.2, -0.15) is 0 Å². The van der Waals surface area contributed by atoms with Crippen molar-refractivity contribution in [2.24, 2.45) is 0 Å². The number of benzene rings is 3. The van der Waals surface area contributed by atoms with E-state index in [9.17, 15) is 18.0 Å². The van der Waals surface area contributed by atoms with E-state index in [-0.39, 0.29) is 23.4 Å². The van der Waals surface area contributed by atoms with E-state index >= 15 is 0 Å². The zero-order valence-corrected chi connectivity index (χ0v) is 27.3. The Bertz CT molecular complexity index is 1510. The van der Waals surface area contributed by atoms with Crippen LogP contribution >= 0.6 is 23.2 Å². The molecular weight excluding hydrogens is 593 g/mol.